The first-order chi connectivity index (χ1) is 16.4. The van der Waals surface area contributed by atoms with Crippen LogP contribution in [0.25, 0.3) is 0 Å². The molecule has 0 heterocycles. The van der Waals surface area contributed by atoms with Gasteiger partial charge in [0, 0.05) is 24.8 Å². The predicted molar refractivity (Wildman–Crippen MR) is 142 cm³/mol. The van der Waals surface area contributed by atoms with Crippen molar-refractivity contribution in [1.29, 1.82) is 0 Å². The van der Waals surface area contributed by atoms with E-state index in [0.29, 0.717) is 18.7 Å². The first-order valence-electron chi connectivity index (χ1n) is 11.7. The van der Waals surface area contributed by atoms with Crippen LogP contribution in [0, 0.1) is 6.92 Å². The maximum absolute atomic E-state index is 13.6. The van der Waals surface area contributed by atoms with E-state index >= 15 is 0 Å². The van der Waals surface area contributed by atoms with Gasteiger partial charge in [0.25, 0.3) is 0 Å². The molecular formula is C29H34N2O2S. The van der Waals surface area contributed by atoms with Gasteiger partial charge in [0.2, 0.25) is 11.8 Å². The van der Waals surface area contributed by atoms with Crippen LogP contribution in [0.4, 0.5) is 0 Å². The molecule has 3 rings (SSSR count). The van der Waals surface area contributed by atoms with E-state index < -0.39 is 6.04 Å². The molecule has 5 heteroatoms. The van der Waals surface area contributed by atoms with Gasteiger partial charge in [-0.2, -0.15) is 0 Å². The second-order valence-corrected chi connectivity index (χ2v) is 9.84. The lowest BCUT2D eigenvalue weighted by Crippen LogP contribution is -2.52. The average molecular weight is 475 g/mol. The molecule has 0 spiro atoms. The van der Waals surface area contributed by atoms with Gasteiger partial charge >= 0.3 is 0 Å². The minimum atomic E-state index is -0.586. The van der Waals surface area contributed by atoms with Gasteiger partial charge in [-0.3, -0.25) is 9.59 Å². The quantitative estimate of drug-likeness (QED) is 0.405. The highest BCUT2D eigenvalue weighted by Crippen LogP contribution is 2.19. The first kappa shape index (κ1) is 25.6. The number of amides is 2. The summed E-state index contributed by atoms with van der Waals surface area (Å²) in [7, 11) is 0. The van der Waals surface area contributed by atoms with Crippen molar-refractivity contribution in [3.05, 3.63) is 107 Å². The van der Waals surface area contributed by atoms with Gasteiger partial charge in [-0.25, -0.2) is 0 Å². The normalized spacial score (nSPS) is 11.8. The van der Waals surface area contributed by atoms with Crippen LogP contribution >= 0.6 is 11.8 Å². The largest absolute Gasteiger partial charge is 0.352 e. The molecule has 0 saturated heterocycles. The smallest absolute Gasteiger partial charge is 0.243 e. The number of carbonyl (C=O) groups excluding carboxylic acids is 2. The Morgan fingerprint density at radius 3 is 2.09 bits per heavy atom. The molecule has 0 aliphatic rings. The third-order valence-corrected chi connectivity index (χ3v) is 6.46. The highest BCUT2D eigenvalue weighted by atomic mass is 32.2. The second kappa shape index (κ2) is 13.0. The fourth-order valence-electron chi connectivity index (χ4n) is 3.86. The van der Waals surface area contributed by atoms with Crippen LogP contribution in [0.1, 0.15) is 36.1 Å². The van der Waals surface area contributed by atoms with Gasteiger partial charge in [0.15, 0.2) is 0 Å². The van der Waals surface area contributed by atoms with Gasteiger partial charge in [-0.05, 0) is 37.5 Å². The number of benzene rings is 3. The molecule has 0 aliphatic carbocycles. The highest BCUT2D eigenvalue weighted by Gasteiger charge is 2.30. The minimum Gasteiger partial charge on any atom is -0.352 e. The van der Waals surface area contributed by atoms with Crippen molar-refractivity contribution in [2.75, 3.05) is 5.75 Å². The number of thioether (sulfide) groups is 1. The van der Waals surface area contributed by atoms with Gasteiger partial charge < -0.3 is 10.2 Å². The lowest BCUT2D eigenvalue weighted by atomic mass is 10.0. The van der Waals surface area contributed by atoms with E-state index in [0.717, 1.165) is 16.9 Å². The molecule has 0 fully saturated rings. The summed E-state index contributed by atoms with van der Waals surface area (Å²) in [6, 6.07) is 27.5. The van der Waals surface area contributed by atoms with Crippen molar-refractivity contribution in [3.8, 4) is 0 Å². The molecule has 2 amide bonds. The number of hydrogen-bond donors (Lipinski definition) is 1. The summed E-state index contributed by atoms with van der Waals surface area (Å²) < 4.78 is 0. The topological polar surface area (TPSA) is 49.4 Å². The Morgan fingerprint density at radius 1 is 0.853 bits per heavy atom. The van der Waals surface area contributed by atoms with Crippen molar-refractivity contribution in [2.24, 2.45) is 0 Å². The van der Waals surface area contributed by atoms with Crippen LogP contribution in [0.15, 0.2) is 84.9 Å². The molecule has 0 radical (unpaired) electrons. The average Bonchev–Trinajstić information content (AvgIpc) is 2.82. The number of aryl methyl sites for hydroxylation is 1. The standard InChI is InChI=1S/C29H34N2O2S/c1-22(2)30-29(33)27(18-24-12-6-4-7-13-24)31(19-25-14-8-5-9-15-25)28(32)21-34-20-26-16-10-11-23(3)17-26/h4-17,22,27H,18-21H2,1-3H3,(H,30,33). The number of carbonyl (C=O) groups is 2. The molecule has 3 aromatic carbocycles. The lowest BCUT2D eigenvalue weighted by Gasteiger charge is -2.32. The summed E-state index contributed by atoms with van der Waals surface area (Å²) in [4.78, 5) is 28.6. The van der Waals surface area contributed by atoms with E-state index in [1.165, 1.54) is 11.1 Å². The molecular weight excluding hydrogens is 440 g/mol. The zero-order valence-electron chi connectivity index (χ0n) is 20.2. The van der Waals surface area contributed by atoms with Gasteiger partial charge in [-0.1, -0.05) is 90.5 Å². The zero-order chi connectivity index (χ0) is 24.3. The molecule has 0 saturated carbocycles. The first-order valence-corrected chi connectivity index (χ1v) is 12.9. The summed E-state index contributed by atoms with van der Waals surface area (Å²) in [5.74, 6) is 0.933. The van der Waals surface area contributed by atoms with Crippen LogP contribution in [-0.2, 0) is 28.3 Å². The van der Waals surface area contributed by atoms with Crippen LogP contribution < -0.4 is 5.32 Å². The van der Waals surface area contributed by atoms with E-state index in [2.05, 4.69) is 30.4 Å². The molecule has 0 aliphatic heterocycles. The summed E-state index contributed by atoms with van der Waals surface area (Å²) >= 11 is 1.59. The third kappa shape index (κ3) is 8.07. The van der Waals surface area contributed by atoms with Gasteiger partial charge in [0.05, 0.1) is 5.75 Å². The zero-order valence-corrected chi connectivity index (χ0v) is 21.1. The third-order valence-electron chi connectivity index (χ3n) is 5.47. The number of rotatable bonds is 11. The molecule has 34 heavy (non-hydrogen) atoms. The van der Waals surface area contributed by atoms with Crippen molar-refractivity contribution < 1.29 is 9.59 Å². The Morgan fingerprint density at radius 2 is 1.47 bits per heavy atom. The van der Waals surface area contributed by atoms with E-state index in [9.17, 15) is 9.59 Å². The molecule has 0 bridgehead atoms. The Labute approximate surface area is 207 Å². The monoisotopic (exact) mass is 474 g/mol. The van der Waals surface area contributed by atoms with Gasteiger partial charge in [-0.15, -0.1) is 11.8 Å². The number of nitrogens with one attached hydrogen (secondary N) is 1. The Balaban J connectivity index is 1.82. The lowest BCUT2D eigenvalue weighted by molar-refractivity contribution is -0.139. The van der Waals surface area contributed by atoms with E-state index in [-0.39, 0.29) is 17.9 Å². The Hall–Kier alpha value is -3.05. The molecule has 3 aromatic rings. The Bertz CT molecular complexity index is 1050. The molecule has 1 unspecified atom stereocenters. The molecule has 1 atom stereocenters. The number of nitrogens with zero attached hydrogens (tertiary/aromatic N) is 1. The van der Waals surface area contributed by atoms with Crippen LogP contribution in [0.2, 0.25) is 0 Å². The molecule has 0 aromatic heterocycles. The molecule has 178 valence electrons. The van der Waals surface area contributed by atoms with Crippen molar-refractivity contribution in [2.45, 2.75) is 51.6 Å². The molecule has 1 N–H and O–H groups in total. The fourth-order valence-corrected chi connectivity index (χ4v) is 4.71. The number of hydrogen-bond acceptors (Lipinski definition) is 3. The van der Waals surface area contributed by atoms with Crippen molar-refractivity contribution >= 4 is 23.6 Å². The van der Waals surface area contributed by atoms with Crippen LogP contribution in [0.3, 0.4) is 0 Å². The second-order valence-electron chi connectivity index (χ2n) is 8.86. The van der Waals surface area contributed by atoms with Gasteiger partial charge in [0.1, 0.15) is 6.04 Å². The van der Waals surface area contributed by atoms with Crippen LogP contribution in [0.5, 0.6) is 0 Å². The summed E-state index contributed by atoms with van der Waals surface area (Å²) in [5.41, 5.74) is 4.45. The fraction of sp³-hybridized carbons (Fsp3) is 0.310. The maximum Gasteiger partial charge on any atom is 0.243 e. The summed E-state index contributed by atoms with van der Waals surface area (Å²) in [5, 5.41) is 3.03. The summed E-state index contributed by atoms with van der Waals surface area (Å²) in [6.07, 6.45) is 0.473. The van der Waals surface area contributed by atoms with Crippen molar-refractivity contribution in [1.82, 2.24) is 10.2 Å². The predicted octanol–water partition coefficient (Wildman–Crippen LogP) is 5.39. The molecule has 4 nitrogen and oxygen atoms in total. The van der Waals surface area contributed by atoms with Crippen LogP contribution in [-0.4, -0.2) is 34.6 Å². The Kier molecular flexibility index (Phi) is 9.77. The summed E-state index contributed by atoms with van der Waals surface area (Å²) in [6.45, 7) is 6.35. The van der Waals surface area contributed by atoms with Crippen molar-refractivity contribution in [3.63, 3.8) is 0 Å². The minimum absolute atomic E-state index is 0.00449. The van der Waals surface area contributed by atoms with E-state index in [1.54, 1.807) is 16.7 Å². The SMILES string of the molecule is Cc1cccc(CSCC(=O)N(Cc2ccccc2)C(Cc2ccccc2)C(=O)NC(C)C)c1. The maximum atomic E-state index is 13.6. The van der Waals surface area contributed by atoms with E-state index in [1.807, 2.05) is 80.6 Å². The van der Waals surface area contributed by atoms with E-state index in [4.69, 9.17) is 0 Å². The highest BCUT2D eigenvalue weighted by molar-refractivity contribution is 7.99.